The maximum Gasteiger partial charge on any atom is 0.310 e. The van der Waals surface area contributed by atoms with Crippen LogP contribution in [0.4, 0.5) is 0 Å². The Morgan fingerprint density at radius 2 is 1.84 bits per heavy atom. The molecule has 25 heavy (non-hydrogen) atoms. The normalized spacial score (nSPS) is 12.5. The highest BCUT2D eigenvalue weighted by Gasteiger charge is 2.24. The smallest absolute Gasteiger partial charge is 0.310 e. The van der Waals surface area contributed by atoms with Crippen molar-refractivity contribution in [2.24, 2.45) is 0 Å². The van der Waals surface area contributed by atoms with Gasteiger partial charge >= 0.3 is 5.97 Å². The summed E-state index contributed by atoms with van der Waals surface area (Å²) in [6.45, 7) is 7.86. The van der Waals surface area contributed by atoms with Gasteiger partial charge in [0.2, 0.25) is 0 Å². The standard InChI is InChI=1S/C18H24N2O5/c1-12(16-19-17(20-25-16)18(2,3)4)24-15(21)10-11-23-14-8-6-13(22-5)7-9-14/h6-9,12H,10-11H2,1-5H3. The molecule has 2 aromatic rings. The lowest BCUT2D eigenvalue weighted by Crippen LogP contribution is -2.15. The van der Waals surface area contributed by atoms with Crippen LogP contribution in [-0.4, -0.2) is 29.8 Å². The minimum Gasteiger partial charge on any atom is -0.497 e. The Labute approximate surface area is 147 Å². The Hall–Kier alpha value is -2.57. The molecular weight excluding hydrogens is 324 g/mol. The maximum atomic E-state index is 11.9. The van der Waals surface area contributed by atoms with Crippen LogP contribution in [0.3, 0.4) is 0 Å². The van der Waals surface area contributed by atoms with Crippen LogP contribution in [0.25, 0.3) is 0 Å². The molecule has 1 heterocycles. The fourth-order valence-electron chi connectivity index (χ4n) is 1.94. The van der Waals surface area contributed by atoms with Crippen molar-refractivity contribution in [2.75, 3.05) is 13.7 Å². The molecule has 0 aliphatic carbocycles. The average molecular weight is 348 g/mol. The molecule has 136 valence electrons. The van der Waals surface area contributed by atoms with Gasteiger partial charge in [0.1, 0.15) is 11.5 Å². The Morgan fingerprint density at radius 3 is 2.40 bits per heavy atom. The molecule has 0 saturated heterocycles. The SMILES string of the molecule is COc1ccc(OCCC(=O)OC(C)c2nc(C(C)(C)C)no2)cc1. The molecule has 0 fully saturated rings. The zero-order chi connectivity index (χ0) is 18.4. The number of esters is 1. The van der Waals surface area contributed by atoms with E-state index in [-0.39, 0.29) is 24.3 Å². The third-order valence-corrected chi connectivity index (χ3v) is 3.40. The van der Waals surface area contributed by atoms with Crippen molar-refractivity contribution in [2.45, 2.75) is 45.6 Å². The van der Waals surface area contributed by atoms with Gasteiger partial charge in [0.25, 0.3) is 5.89 Å². The van der Waals surface area contributed by atoms with E-state index in [1.807, 2.05) is 20.8 Å². The Kier molecular flexibility index (Phi) is 6.01. The summed E-state index contributed by atoms with van der Waals surface area (Å²) in [7, 11) is 1.60. The summed E-state index contributed by atoms with van der Waals surface area (Å²) in [4.78, 5) is 16.2. The van der Waals surface area contributed by atoms with E-state index in [0.29, 0.717) is 11.6 Å². The van der Waals surface area contributed by atoms with Crippen molar-refractivity contribution in [1.82, 2.24) is 10.1 Å². The van der Waals surface area contributed by atoms with Crippen molar-refractivity contribution < 1.29 is 23.5 Å². The lowest BCUT2D eigenvalue weighted by atomic mass is 9.96. The van der Waals surface area contributed by atoms with Crippen LogP contribution in [0.2, 0.25) is 0 Å². The number of methoxy groups -OCH3 is 1. The number of hydrogen-bond acceptors (Lipinski definition) is 7. The van der Waals surface area contributed by atoms with Gasteiger partial charge in [-0.1, -0.05) is 25.9 Å². The number of nitrogens with zero attached hydrogens (tertiary/aromatic N) is 2. The Bertz CT molecular complexity index is 688. The summed E-state index contributed by atoms with van der Waals surface area (Å²) in [5.41, 5.74) is -0.225. The van der Waals surface area contributed by atoms with Gasteiger partial charge in [0.15, 0.2) is 11.9 Å². The van der Waals surface area contributed by atoms with Gasteiger partial charge in [0.05, 0.1) is 20.1 Å². The Balaban J connectivity index is 1.78. The highest BCUT2D eigenvalue weighted by atomic mass is 16.6. The first-order chi connectivity index (χ1) is 11.8. The molecule has 0 aliphatic heterocycles. The maximum absolute atomic E-state index is 11.9. The average Bonchev–Trinajstić information content (AvgIpc) is 3.06. The summed E-state index contributed by atoms with van der Waals surface area (Å²) < 4.78 is 21.0. The minimum absolute atomic E-state index is 0.122. The summed E-state index contributed by atoms with van der Waals surface area (Å²) in [5, 5.41) is 3.92. The lowest BCUT2D eigenvalue weighted by Gasteiger charge is -2.12. The molecule has 1 aromatic heterocycles. The van der Waals surface area contributed by atoms with Crippen LogP contribution >= 0.6 is 0 Å². The molecule has 0 radical (unpaired) electrons. The van der Waals surface area contributed by atoms with Crippen molar-refractivity contribution in [3.8, 4) is 11.5 Å². The zero-order valence-corrected chi connectivity index (χ0v) is 15.2. The van der Waals surface area contributed by atoms with Crippen LogP contribution in [0.5, 0.6) is 11.5 Å². The number of carbonyl (C=O) groups is 1. The van der Waals surface area contributed by atoms with Gasteiger partial charge in [-0.25, -0.2) is 0 Å². The first kappa shape index (κ1) is 18.8. The number of ether oxygens (including phenoxy) is 3. The molecule has 0 amide bonds. The molecular formula is C18H24N2O5. The number of benzene rings is 1. The van der Waals surface area contributed by atoms with E-state index in [4.69, 9.17) is 18.7 Å². The second kappa shape index (κ2) is 8.00. The molecule has 0 saturated carbocycles. The summed E-state index contributed by atoms with van der Waals surface area (Å²) in [6.07, 6.45) is -0.478. The van der Waals surface area contributed by atoms with Crippen LogP contribution < -0.4 is 9.47 Å². The quantitative estimate of drug-likeness (QED) is 0.709. The van der Waals surface area contributed by atoms with Crippen LogP contribution in [0.15, 0.2) is 28.8 Å². The van der Waals surface area contributed by atoms with Crippen molar-refractivity contribution in [3.63, 3.8) is 0 Å². The van der Waals surface area contributed by atoms with Gasteiger partial charge in [-0.3, -0.25) is 4.79 Å². The van der Waals surface area contributed by atoms with E-state index in [2.05, 4.69) is 10.1 Å². The van der Waals surface area contributed by atoms with Gasteiger partial charge in [-0.15, -0.1) is 0 Å². The van der Waals surface area contributed by atoms with E-state index in [0.717, 1.165) is 5.75 Å². The van der Waals surface area contributed by atoms with Gasteiger partial charge < -0.3 is 18.7 Å². The van der Waals surface area contributed by atoms with E-state index in [1.54, 1.807) is 38.3 Å². The first-order valence-corrected chi connectivity index (χ1v) is 8.10. The molecule has 0 N–H and O–H groups in total. The zero-order valence-electron chi connectivity index (χ0n) is 15.2. The fourth-order valence-corrected chi connectivity index (χ4v) is 1.94. The minimum atomic E-state index is -0.600. The monoisotopic (exact) mass is 348 g/mol. The summed E-state index contributed by atoms with van der Waals surface area (Å²) >= 11 is 0. The van der Waals surface area contributed by atoms with Crippen molar-refractivity contribution in [1.29, 1.82) is 0 Å². The van der Waals surface area contributed by atoms with Crippen molar-refractivity contribution in [3.05, 3.63) is 36.0 Å². The number of aromatic nitrogens is 2. The van der Waals surface area contributed by atoms with Crippen LogP contribution in [0, 0.1) is 0 Å². The molecule has 7 nitrogen and oxygen atoms in total. The van der Waals surface area contributed by atoms with Gasteiger partial charge in [0, 0.05) is 5.41 Å². The van der Waals surface area contributed by atoms with E-state index < -0.39 is 12.1 Å². The molecule has 2 rings (SSSR count). The van der Waals surface area contributed by atoms with E-state index in [1.165, 1.54) is 0 Å². The molecule has 0 spiro atoms. The topological polar surface area (TPSA) is 83.7 Å². The molecule has 1 unspecified atom stereocenters. The fraction of sp³-hybridized carbons (Fsp3) is 0.500. The van der Waals surface area contributed by atoms with Gasteiger partial charge in [-0.2, -0.15) is 4.98 Å². The number of hydrogen-bond donors (Lipinski definition) is 0. The highest BCUT2D eigenvalue weighted by Crippen LogP contribution is 2.22. The van der Waals surface area contributed by atoms with E-state index in [9.17, 15) is 4.79 Å². The third-order valence-electron chi connectivity index (χ3n) is 3.40. The number of rotatable bonds is 7. The predicted octanol–water partition coefficient (Wildman–Crippen LogP) is 3.45. The second-order valence-electron chi connectivity index (χ2n) is 6.61. The molecule has 7 heteroatoms. The van der Waals surface area contributed by atoms with E-state index >= 15 is 0 Å². The predicted molar refractivity (Wildman–Crippen MR) is 90.6 cm³/mol. The largest absolute Gasteiger partial charge is 0.497 e. The Morgan fingerprint density at radius 1 is 1.20 bits per heavy atom. The lowest BCUT2D eigenvalue weighted by molar-refractivity contribution is -0.150. The van der Waals surface area contributed by atoms with Crippen LogP contribution in [-0.2, 0) is 14.9 Å². The van der Waals surface area contributed by atoms with Crippen LogP contribution in [0.1, 0.15) is 51.9 Å². The molecule has 0 aliphatic rings. The molecule has 0 bridgehead atoms. The molecule has 1 atom stereocenters. The first-order valence-electron chi connectivity index (χ1n) is 8.10. The second-order valence-corrected chi connectivity index (χ2v) is 6.61. The number of carbonyl (C=O) groups excluding carboxylic acids is 1. The molecule has 1 aromatic carbocycles. The summed E-state index contributed by atoms with van der Waals surface area (Å²) in [5.74, 6) is 1.88. The third kappa shape index (κ3) is 5.48. The highest BCUT2D eigenvalue weighted by molar-refractivity contribution is 5.69. The van der Waals surface area contributed by atoms with Gasteiger partial charge in [-0.05, 0) is 31.2 Å². The summed E-state index contributed by atoms with van der Waals surface area (Å²) in [6, 6.07) is 7.13. The van der Waals surface area contributed by atoms with Crippen molar-refractivity contribution >= 4 is 5.97 Å².